The second kappa shape index (κ2) is 4.30. The maximum Gasteiger partial charge on any atom is 0.314 e. The number of hydrogen-bond donors (Lipinski definition) is 2. The first kappa shape index (κ1) is 10.8. The highest BCUT2D eigenvalue weighted by molar-refractivity contribution is 5.78. The van der Waals surface area contributed by atoms with Gasteiger partial charge in [-0.15, -0.1) is 0 Å². The average molecular weight is 199 g/mol. The summed E-state index contributed by atoms with van der Waals surface area (Å²) in [7, 11) is 0. The molecule has 1 unspecified atom stereocenters. The van der Waals surface area contributed by atoms with Crippen molar-refractivity contribution >= 4 is 11.9 Å². The predicted octanol–water partition coefficient (Wildman–Crippen LogP) is -0.0884. The summed E-state index contributed by atoms with van der Waals surface area (Å²) in [5, 5.41) is 2.87. The van der Waals surface area contributed by atoms with E-state index in [9.17, 15) is 9.59 Å². The van der Waals surface area contributed by atoms with Crippen molar-refractivity contribution in [2.24, 2.45) is 11.7 Å². The summed E-state index contributed by atoms with van der Waals surface area (Å²) in [6, 6.07) is -0.344. The molecule has 0 spiro atoms. The van der Waals surface area contributed by atoms with E-state index < -0.39 is 6.03 Å². The van der Waals surface area contributed by atoms with Gasteiger partial charge in [0.1, 0.15) is 0 Å². The smallest absolute Gasteiger partial charge is 0.314 e. The molecule has 1 heterocycles. The van der Waals surface area contributed by atoms with Crippen molar-refractivity contribution in [3.05, 3.63) is 0 Å². The molecule has 1 saturated heterocycles. The average Bonchev–Trinajstić information content (AvgIpc) is 2.52. The molecule has 1 aliphatic rings. The lowest BCUT2D eigenvalue weighted by molar-refractivity contribution is -0.124. The number of nitrogens with two attached hydrogens (primary N) is 1. The van der Waals surface area contributed by atoms with E-state index in [1.165, 1.54) is 0 Å². The molecule has 5 heteroatoms. The van der Waals surface area contributed by atoms with Gasteiger partial charge in [0.05, 0.1) is 0 Å². The third kappa shape index (κ3) is 2.61. The zero-order valence-electron chi connectivity index (χ0n) is 8.62. The molecule has 0 aromatic heterocycles. The minimum Gasteiger partial charge on any atom is -0.351 e. The molecule has 14 heavy (non-hydrogen) atoms. The zero-order chi connectivity index (χ0) is 10.7. The van der Waals surface area contributed by atoms with Gasteiger partial charge in [-0.25, -0.2) is 4.79 Å². The van der Waals surface area contributed by atoms with Crippen LogP contribution in [0.3, 0.4) is 0 Å². The Morgan fingerprint density at radius 1 is 1.50 bits per heavy atom. The van der Waals surface area contributed by atoms with Crippen molar-refractivity contribution in [1.29, 1.82) is 0 Å². The normalized spacial score (nSPS) is 21.4. The largest absolute Gasteiger partial charge is 0.351 e. The van der Waals surface area contributed by atoms with Gasteiger partial charge in [0.2, 0.25) is 5.91 Å². The van der Waals surface area contributed by atoms with Crippen LogP contribution < -0.4 is 11.1 Å². The number of hydrogen-bond acceptors (Lipinski definition) is 2. The highest BCUT2D eigenvalue weighted by Gasteiger charge is 2.26. The predicted molar refractivity (Wildman–Crippen MR) is 52.5 cm³/mol. The molecule has 1 rings (SSSR count). The van der Waals surface area contributed by atoms with E-state index in [1.54, 1.807) is 4.90 Å². The molecule has 0 bridgehead atoms. The quantitative estimate of drug-likeness (QED) is 0.652. The minimum absolute atomic E-state index is 0.0161. The molecular weight excluding hydrogens is 182 g/mol. The van der Waals surface area contributed by atoms with Crippen LogP contribution in [0.5, 0.6) is 0 Å². The fourth-order valence-corrected chi connectivity index (χ4v) is 1.45. The van der Waals surface area contributed by atoms with Crippen molar-refractivity contribution < 1.29 is 9.59 Å². The molecule has 5 nitrogen and oxygen atoms in total. The second-order valence-corrected chi connectivity index (χ2v) is 3.93. The lowest BCUT2D eigenvalue weighted by atomic mass is 10.2. The van der Waals surface area contributed by atoms with E-state index in [-0.39, 0.29) is 17.9 Å². The first-order chi connectivity index (χ1) is 6.50. The van der Waals surface area contributed by atoms with Crippen molar-refractivity contribution in [1.82, 2.24) is 10.2 Å². The maximum atomic E-state index is 11.3. The van der Waals surface area contributed by atoms with Crippen LogP contribution >= 0.6 is 0 Å². The minimum atomic E-state index is -0.411. The monoisotopic (exact) mass is 199 g/mol. The van der Waals surface area contributed by atoms with E-state index in [2.05, 4.69) is 5.32 Å². The number of nitrogens with one attached hydrogen (secondary N) is 1. The Kier molecular flexibility index (Phi) is 3.33. The van der Waals surface area contributed by atoms with Crippen molar-refractivity contribution in [2.75, 3.05) is 13.1 Å². The van der Waals surface area contributed by atoms with Gasteiger partial charge in [0.15, 0.2) is 0 Å². The summed E-state index contributed by atoms with van der Waals surface area (Å²) >= 11 is 0. The Hall–Kier alpha value is -1.26. The number of rotatable bonds is 2. The first-order valence-corrected chi connectivity index (χ1v) is 4.85. The summed E-state index contributed by atoms with van der Waals surface area (Å²) in [4.78, 5) is 23.7. The number of primary amides is 1. The number of carbonyl (C=O) groups is 2. The lowest BCUT2D eigenvalue weighted by Gasteiger charge is -2.15. The van der Waals surface area contributed by atoms with Gasteiger partial charge in [-0.2, -0.15) is 0 Å². The molecule has 1 fully saturated rings. The Labute approximate surface area is 83.6 Å². The fourth-order valence-electron chi connectivity index (χ4n) is 1.45. The third-order valence-corrected chi connectivity index (χ3v) is 2.37. The van der Waals surface area contributed by atoms with Crippen molar-refractivity contribution in [2.45, 2.75) is 26.3 Å². The molecule has 80 valence electrons. The van der Waals surface area contributed by atoms with Gasteiger partial charge >= 0.3 is 6.03 Å². The number of amides is 3. The Morgan fingerprint density at radius 2 is 2.14 bits per heavy atom. The van der Waals surface area contributed by atoms with Gasteiger partial charge in [0, 0.05) is 25.0 Å². The summed E-state index contributed by atoms with van der Waals surface area (Å²) < 4.78 is 0. The lowest BCUT2D eigenvalue weighted by Crippen LogP contribution is -2.41. The Balaban J connectivity index is 2.36. The number of carbonyl (C=O) groups excluding carboxylic acids is 2. The van der Waals surface area contributed by atoms with Gasteiger partial charge in [-0.1, -0.05) is 13.8 Å². The molecule has 1 atom stereocenters. The summed E-state index contributed by atoms with van der Waals surface area (Å²) in [5.41, 5.74) is 5.12. The van der Waals surface area contributed by atoms with Crippen LogP contribution in [0, 0.1) is 5.92 Å². The number of likely N-dealkylation sites (tertiary alicyclic amines) is 1. The summed E-state index contributed by atoms with van der Waals surface area (Å²) in [6.07, 6.45) is 0.793. The van der Waals surface area contributed by atoms with Gasteiger partial charge in [-0.3, -0.25) is 4.79 Å². The highest BCUT2D eigenvalue weighted by Crippen LogP contribution is 2.09. The van der Waals surface area contributed by atoms with Gasteiger partial charge < -0.3 is 16.0 Å². The standard InChI is InChI=1S/C9H17N3O2/c1-6(2)8(13)11-7-3-4-12(5-7)9(10)14/h6-7H,3-5H2,1-2H3,(H2,10,14)(H,11,13). The maximum absolute atomic E-state index is 11.3. The molecule has 3 amide bonds. The Bertz CT molecular complexity index is 240. The van der Waals surface area contributed by atoms with Crippen LogP contribution in [0.2, 0.25) is 0 Å². The van der Waals surface area contributed by atoms with E-state index in [0.29, 0.717) is 13.1 Å². The van der Waals surface area contributed by atoms with Crippen LogP contribution in [0.15, 0.2) is 0 Å². The molecular formula is C9H17N3O2. The first-order valence-electron chi connectivity index (χ1n) is 4.85. The second-order valence-electron chi connectivity index (χ2n) is 3.93. The van der Waals surface area contributed by atoms with Crippen molar-refractivity contribution in [3.8, 4) is 0 Å². The molecule has 0 saturated carbocycles. The van der Waals surface area contributed by atoms with E-state index >= 15 is 0 Å². The SMILES string of the molecule is CC(C)C(=O)NC1CCN(C(N)=O)C1. The summed E-state index contributed by atoms with van der Waals surface area (Å²) in [5.74, 6) is 0.0129. The molecule has 1 aliphatic heterocycles. The molecule has 0 aromatic rings. The Morgan fingerprint density at radius 3 is 2.57 bits per heavy atom. The van der Waals surface area contributed by atoms with Crippen LogP contribution in [0.4, 0.5) is 4.79 Å². The van der Waals surface area contributed by atoms with Crippen LogP contribution in [-0.4, -0.2) is 36.0 Å². The van der Waals surface area contributed by atoms with Crippen LogP contribution in [-0.2, 0) is 4.79 Å². The van der Waals surface area contributed by atoms with Crippen molar-refractivity contribution in [3.63, 3.8) is 0 Å². The van der Waals surface area contributed by atoms with Crippen LogP contribution in [0.1, 0.15) is 20.3 Å². The fraction of sp³-hybridized carbons (Fsp3) is 0.778. The van der Waals surface area contributed by atoms with Gasteiger partial charge in [-0.05, 0) is 6.42 Å². The highest BCUT2D eigenvalue weighted by atomic mass is 16.2. The van der Waals surface area contributed by atoms with Gasteiger partial charge in [0.25, 0.3) is 0 Å². The molecule has 0 aromatic carbocycles. The van der Waals surface area contributed by atoms with Crippen LogP contribution in [0.25, 0.3) is 0 Å². The van der Waals surface area contributed by atoms with E-state index in [1.807, 2.05) is 13.8 Å². The number of urea groups is 1. The summed E-state index contributed by atoms with van der Waals surface area (Å²) in [6.45, 7) is 4.86. The topological polar surface area (TPSA) is 75.4 Å². The van der Waals surface area contributed by atoms with E-state index in [4.69, 9.17) is 5.73 Å². The molecule has 0 radical (unpaired) electrons. The zero-order valence-corrected chi connectivity index (χ0v) is 8.62. The molecule has 3 N–H and O–H groups in total. The third-order valence-electron chi connectivity index (χ3n) is 2.37. The number of nitrogens with zero attached hydrogens (tertiary/aromatic N) is 1. The molecule has 0 aliphatic carbocycles. The van der Waals surface area contributed by atoms with E-state index in [0.717, 1.165) is 6.42 Å².